The Kier molecular flexibility index (Phi) is 6.20. The number of carbonyl (C=O) groups is 2. The predicted molar refractivity (Wildman–Crippen MR) is 69.7 cm³/mol. The summed E-state index contributed by atoms with van der Waals surface area (Å²) < 4.78 is 5.25. The lowest BCUT2D eigenvalue weighted by Gasteiger charge is -2.38. The quantitative estimate of drug-likeness (QED) is 0.533. The van der Waals surface area contributed by atoms with Gasteiger partial charge < -0.3 is 15.2 Å². The van der Waals surface area contributed by atoms with E-state index >= 15 is 0 Å². The molecule has 1 unspecified atom stereocenters. The summed E-state index contributed by atoms with van der Waals surface area (Å²) in [4.78, 5) is 23.1. The van der Waals surface area contributed by atoms with Crippen molar-refractivity contribution in [1.29, 1.82) is 0 Å². The number of nitrogens with one attached hydrogen (secondary N) is 3. The zero-order valence-electron chi connectivity index (χ0n) is 11.5. The molecule has 0 aliphatic carbocycles. The highest BCUT2D eigenvalue weighted by atomic mass is 16.5. The third kappa shape index (κ3) is 4.77. The number of aliphatic hydroxyl groups excluding tert-OH is 1. The molecule has 1 heterocycles. The Morgan fingerprint density at radius 2 is 2.00 bits per heavy atom. The van der Waals surface area contributed by atoms with Gasteiger partial charge >= 0.3 is 6.03 Å². The number of rotatable bonds is 5. The molecule has 3 amide bonds. The van der Waals surface area contributed by atoms with Gasteiger partial charge in [0, 0.05) is 25.3 Å². The molecule has 7 nitrogen and oxygen atoms in total. The lowest BCUT2D eigenvalue weighted by Crippen LogP contribution is -2.59. The average molecular weight is 273 g/mol. The van der Waals surface area contributed by atoms with Crippen LogP contribution in [-0.4, -0.2) is 55.0 Å². The first-order valence-electron chi connectivity index (χ1n) is 6.58. The standard InChI is InChI=1S/C12H23N3O4/c1-3-13-11(18)14-10(17)9(2)15-12(8-16)4-6-19-7-5-12/h9,15-16H,3-8H2,1-2H3,(H2,13,14,17,18). The fraction of sp³-hybridized carbons (Fsp3) is 0.833. The van der Waals surface area contributed by atoms with Crippen LogP contribution in [0, 0.1) is 0 Å². The molecular weight excluding hydrogens is 250 g/mol. The van der Waals surface area contributed by atoms with Crippen molar-refractivity contribution in [3.8, 4) is 0 Å². The topological polar surface area (TPSA) is 99.7 Å². The van der Waals surface area contributed by atoms with Gasteiger partial charge in [-0.2, -0.15) is 0 Å². The van der Waals surface area contributed by atoms with Crippen molar-refractivity contribution in [2.75, 3.05) is 26.4 Å². The van der Waals surface area contributed by atoms with Crippen molar-refractivity contribution < 1.29 is 19.4 Å². The Hall–Kier alpha value is -1.18. The van der Waals surface area contributed by atoms with Crippen molar-refractivity contribution in [2.24, 2.45) is 0 Å². The third-order valence-corrected chi connectivity index (χ3v) is 3.24. The van der Waals surface area contributed by atoms with Crippen LogP contribution < -0.4 is 16.0 Å². The molecule has 1 rings (SSSR count). The lowest BCUT2D eigenvalue weighted by molar-refractivity contribution is -0.122. The Balaban J connectivity index is 2.49. The van der Waals surface area contributed by atoms with E-state index in [9.17, 15) is 14.7 Å². The minimum atomic E-state index is -0.562. The van der Waals surface area contributed by atoms with Crippen molar-refractivity contribution in [3.63, 3.8) is 0 Å². The lowest BCUT2D eigenvalue weighted by atomic mass is 9.90. The Labute approximate surface area is 113 Å². The summed E-state index contributed by atoms with van der Waals surface area (Å²) >= 11 is 0. The average Bonchev–Trinajstić information content (AvgIpc) is 2.40. The first-order chi connectivity index (χ1) is 9.03. The highest BCUT2D eigenvalue weighted by Gasteiger charge is 2.34. The Morgan fingerprint density at radius 1 is 1.37 bits per heavy atom. The molecule has 1 aliphatic heterocycles. The van der Waals surface area contributed by atoms with E-state index in [1.165, 1.54) is 0 Å². The zero-order chi connectivity index (χ0) is 14.3. The normalized spacial score (nSPS) is 19.5. The summed E-state index contributed by atoms with van der Waals surface area (Å²) in [6, 6.07) is -1.07. The van der Waals surface area contributed by atoms with Crippen LogP contribution in [0.25, 0.3) is 0 Å². The van der Waals surface area contributed by atoms with Gasteiger partial charge in [-0.25, -0.2) is 4.79 Å². The van der Waals surface area contributed by atoms with Crippen LogP contribution in [0.2, 0.25) is 0 Å². The van der Waals surface area contributed by atoms with Crippen LogP contribution in [0.3, 0.4) is 0 Å². The van der Waals surface area contributed by atoms with Crippen LogP contribution in [-0.2, 0) is 9.53 Å². The van der Waals surface area contributed by atoms with Gasteiger partial charge in [-0.1, -0.05) is 0 Å². The van der Waals surface area contributed by atoms with E-state index in [-0.39, 0.29) is 6.61 Å². The molecule has 0 aromatic carbocycles. The van der Waals surface area contributed by atoms with Gasteiger partial charge in [0.25, 0.3) is 0 Å². The number of carbonyl (C=O) groups excluding carboxylic acids is 2. The number of urea groups is 1. The van der Waals surface area contributed by atoms with E-state index in [1.807, 2.05) is 0 Å². The van der Waals surface area contributed by atoms with E-state index in [1.54, 1.807) is 13.8 Å². The summed E-state index contributed by atoms with van der Waals surface area (Å²) in [5, 5.41) is 17.4. The second kappa shape index (κ2) is 7.42. The van der Waals surface area contributed by atoms with Crippen LogP contribution in [0.1, 0.15) is 26.7 Å². The molecule has 1 fully saturated rings. The van der Waals surface area contributed by atoms with E-state index in [0.717, 1.165) is 0 Å². The second-order valence-electron chi connectivity index (χ2n) is 4.77. The van der Waals surface area contributed by atoms with Crippen molar-refractivity contribution in [1.82, 2.24) is 16.0 Å². The fourth-order valence-corrected chi connectivity index (χ4v) is 2.06. The summed E-state index contributed by atoms with van der Waals surface area (Å²) in [6.45, 7) is 4.94. The SMILES string of the molecule is CCNC(=O)NC(=O)C(C)NC1(CO)CCOCC1. The maximum atomic E-state index is 11.8. The van der Waals surface area contributed by atoms with Crippen LogP contribution >= 0.6 is 0 Å². The van der Waals surface area contributed by atoms with Gasteiger partial charge in [-0.15, -0.1) is 0 Å². The second-order valence-corrected chi connectivity index (χ2v) is 4.77. The number of aliphatic hydroxyl groups is 1. The summed E-state index contributed by atoms with van der Waals surface area (Å²) in [5.41, 5.74) is -0.504. The summed E-state index contributed by atoms with van der Waals surface area (Å²) in [6.07, 6.45) is 1.28. The Bertz CT molecular complexity index is 316. The van der Waals surface area contributed by atoms with Crippen LogP contribution in [0.4, 0.5) is 4.79 Å². The number of ether oxygens (including phenoxy) is 1. The van der Waals surface area contributed by atoms with Crippen molar-refractivity contribution in [2.45, 2.75) is 38.3 Å². The van der Waals surface area contributed by atoms with E-state index in [4.69, 9.17) is 4.74 Å². The molecule has 1 saturated heterocycles. The van der Waals surface area contributed by atoms with Crippen LogP contribution in [0.15, 0.2) is 0 Å². The maximum Gasteiger partial charge on any atom is 0.321 e. The van der Waals surface area contributed by atoms with Gasteiger partial charge in [0.15, 0.2) is 0 Å². The highest BCUT2D eigenvalue weighted by molar-refractivity contribution is 5.96. The summed E-state index contributed by atoms with van der Waals surface area (Å²) in [7, 11) is 0. The molecule has 0 spiro atoms. The number of hydrogen-bond acceptors (Lipinski definition) is 5. The third-order valence-electron chi connectivity index (χ3n) is 3.24. The van der Waals surface area contributed by atoms with Gasteiger partial charge in [0.1, 0.15) is 0 Å². The molecule has 7 heteroatoms. The van der Waals surface area contributed by atoms with E-state index < -0.39 is 23.5 Å². The number of hydrogen-bond donors (Lipinski definition) is 4. The van der Waals surface area contributed by atoms with Gasteiger partial charge in [0.05, 0.1) is 12.6 Å². The fourth-order valence-electron chi connectivity index (χ4n) is 2.06. The molecule has 0 aromatic rings. The predicted octanol–water partition coefficient (Wildman–Crippen LogP) is -0.648. The molecule has 1 atom stereocenters. The van der Waals surface area contributed by atoms with E-state index in [2.05, 4.69) is 16.0 Å². The van der Waals surface area contributed by atoms with E-state index in [0.29, 0.717) is 32.6 Å². The zero-order valence-corrected chi connectivity index (χ0v) is 11.5. The van der Waals surface area contributed by atoms with Crippen molar-refractivity contribution in [3.05, 3.63) is 0 Å². The largest absolute Gasteiger partial charge is 0.394 e. The molecule has 1 aliphatic rings. The molecule has 0 saturated carbocycles. The number of amides is 3. The minimum absolute atomic E-state index is 0.0604. The molecule has 0 bridgehead atoms. The molecule has 0 radical (unpaired) electrons. The summed E-state index contributed by atoms with van der Waals surface area (Å²) in [5.74, 6) is -0.412. The highest BCUT2D eigenvalue weighted by Crippen LogP contribution is 2.20. The van der Waals surface area contributed by atoms with Gasteiger partial charge in [0.2, 0.25) is 5.91 Å². The monoisotopic (exact) mass is 273 g/mol. The minimum Gasteiger partial charge on any atom is -0.394 e. The molecular formula is C12H23N3O4. The molecule has 0 aromatic heterocycles. The maximum absolute atomic E-state index is 11.8. The first-order valence-corrected chi connectivity index (χ1v) is 6.58. The number of imide groups is 1. The van der Waals surface area contributed by atoms with Crippen LogP contribution in [0.5, 0.6) is 0 Å². The first kappa shape index (κ1) is 15.9. The molecule has 19 heavy (non-hydrogen) atoms. The van der Waals surface area contributed by atoms with Crippen molar-refractivity contribution >= 4 is 11.9 Å². The molecule has 4 N–H and O–H groups in total. The van der Waals surface area contributed by atoms with Gasteiger partial charge in [-0.3, -0.25) is 15.4 Å². The van der Waals surface area contributed by atoms with Gasteiger partial charge in [-0.05, 0) is 26.7 Å². The molecule has 110 valence electrons. The smallest absolute Gasteiger partial charge is 0.321 e. The Morgan fingerprint density at radius 3 is 2.53 bits per heavy atom.